The van der Waals surface area contributed by atoms with Crippen LogP contribution in [0.1, 0.15) is 25.1 Å². The summed E-state index contributed by atoms with van der Waals surface area (Å²) in [6.45, 7) is 7.37. The van der Waals surface area contributed by atoms with Crippen molar-refractivity contribution in [3.8, 4) is 0 Å². The number of hydrogen-bond donors (Lipinski definition) is 2. The molecule has 2 N–H and O–H groups in total. The van der Waals surface area contributed by atoms with Crippen molar-refractivity contribution in [2.45, 2.75) is 26.8 Å². The average Bonchev–Trinajstić information content (AvgIpc) is 2.31. The molecule has 5 nitrogen and oxygen atoms in total. The molecule has 1 aliphatic rings. The normalized spacial score (nSPS) is 14.6. The van der Waals surface area contributed by atoms with E-state index in [1.165, 1.54) is 0 Å². The molecule has 0 unspecified atom stereocenters. The molecular weight excluding hydrogens is 204 g/mol. The first kappa shape index (κ1) is 11.1. The Bertz CT molecular complexity index is 422. The van der Waals surface area contributed by atoms with Crippen molar-refractivity contribution in [2.75, 3.05) is 24.5 Å². The van der Waals surface area contributed by atoms with Crippen LogP contribution in [0.3, 0.4) is 0 Å². The van der Waals surface area contributed by atoms with E-state index in [0.717, 1.165) is 37.3 Å². The molecule has 0 saturated heterocycles. The van der Waals surface area contributed by atoms with E-state index in [9.17, 15) is 4.79 Å². The van der Waals surface area contributed by atoms with Crippen LogP contribution in [0.15, 0.2) is 4.79 Å². The van der Waals surface area contributed by atoms with Crippen LogP contribution in [0.4, 0.5) is 5.95 Å². The van der Waals surface area contributed by atoms with Gasteiger partial charge in [-0.1, -0.05) is 0 Å². The largest absolute Gasteiger partial charge is 0.343 e. The molecule has 0 radical (unpaired) electrons. The molecule has 2 rings (SSSR count). The summed E-state index contributed by atoms with van der Waals surface area (Å²) >= 11 is 0. The van der Waals surface area contributed by atoms with E-state index in [2.05, 4.69) is 34.0 Å². The smallest absolute Gasteiger partial charge is 0.257 e. The van der Waals surface area contributed by atoms with E-state index in [0.29, 0.717) is 12.5 Å². The van der Waals surface area contributed by atoms with Gasteiger partial charge in [-0.25, -0.2) is 4.98 Å². The summed E-state index contributed by atoms with van der Waals surface area (Å²) in [4.78, 5) is 21.3. The third-order valence-electron chi connectivity index (χ3n) is 2.99. The highest BCUT2D eigenvalue weighted by Gasteiger charge is 2.16. The Balaban J connectivity index is 2.42. The highest BCUT2D eigenvalue weighted by molar-refractivity contribution is 5.33. The highest BCUT2D eigenvalue weighted by Crippen LogP contribution is 2.11. The number of nitrogens with zero attached hydrogens (tertiary/aromatic N) is 2. The second kappa shape index (κ2) is 4.65. The maximum atomic E-state index is 11.9. The second-order valence-corrected chi connectivity index (χ2v) is 3.91. The summed E-state index contributed by atoms with van der Waals surface area (Å²) < 4.78 is 0. The minimum Gasteiger partial charge on any atom is -0.343 e. The zero-order valence-electron chi connectivity index (χ0n) is 9.84. The van der Waals surface area contributed by atoms with Crippen molar-refractivity contribution in [3.05, 3.63) is 21.6 Å². The zero-order valence-corrected chi connectivity index (χ0v) is 9.84. The molecule has 5 heteroatoms. The Morgan fingerprint density at radius 3 is 2.81 bits per heavy atom. The first-order chi connectivity index (χ1) is 7.76. The standard InChI is InChI=1S/C11H18N4O/c1-3-15(4-2)11-13-9-5-6-12-7-8(9)10(16)14-11/h12H,3-7H2,1-2H3,(H,13,14,16). The van der Waals surface area contributed by atoms with E-state index in [-0.39, 0.29) is 5.56 Å². The number of H-pyrrole nitrogens is 1. The molecule has 16 heavy (non-hydrogen) atoms. The molecule has 0 atom stereocenters. The Morgan fingerprint density at radius 1 is 1.38 bits per heavy atom. The van der Waals surface area contributed by atoms with Gasteiger partial charge in [0.2, 0.25) is 5.95 Å². The Hall–Kier alpha value is -1.36. The Kier molecular flexibility index (Phi) is 3.24. The lowest BCUT2D eigenvalue weighted by Crippen LogP contribution is -2.34. The molecular formula is C11H18N4O. The Morgan fingerprint density at radius 2 is 2.12 bits per heavy atom. The summed E-state index contributed by atoms with van der Waals surface area (Å²) in [5, 5.41) is 3.18. The Labute approximate surface area is 94.9 Å². The van der Waals surface area contributed by atoms with Gasteiger partial charge in [0.25, 0.3) is 5.56 Å². The molecule has 0 spiro atoms. The monoisotopic (exact) mass is 222 g/mol. The van der Waals surface area contributed by atoms with E-state index in [4.69, 9.17) is 0 Å². The van der Waals surface area contributed by atoms with Gasteiger partial charge in [-0.3, -0.25) is 9.78 Å². The summed E-state index contributed by atoms with van der Waals surface area (Å²) in [6.07, 6.45) is 0.841. The van der Waals surface area contributed by atoms with Gasteiger partial charge in [0, 0.05) is 32.6 Å². The minimum absolute atomic E-state index is 0.000833. The number of rotatable bonds is 3. The first-order valence-electron chi connectivity index (χ1n) is 5.84. The van der Waals surface area contributed by atoms with Gasteiger partial charge in [0.1, 0.15) is 0 Å². The van der Waals surface area contributed by atoms with E-state index < -0.39 is 0 Å². The lowest BCUT2D eigenvalue weighted by molar-refractivity contribution is 0.617. The topological polar surface area (TPSA) is 61.0 Å². The van der Waals surface area contributed by atoms with Crippen molar-refractivity contribution >= 4 is 5.95 Å². The van der Waals surface area contributed by atoms with Crippen LogP contribution in [0.5, 0.6) is 0 Å². The molecule has 2 heterocycles. The van der Waals surface area contributed by atoms with Gasteiger partial charge in [-0.2, -0.15) is 0 Å². The van der Waals surface area contributed by atoms with E-state index >= 15 is 0 Å². The third kappa shape index (κ3) is 1.95. The fraction of sp³-hybridized carbons (Fsp3) is 0.636. The highest BCUT2D eigenvalue weighted by atomic mass is 16.1. The van der Waals surface area contributed by atoms with Crippen molar-refractivity contribution in [2.24, 2.45) is 0 Å². The van der Waals surface area contributed by atoms with Crippen LogP contribution in [-0.4, -0.2) is 29.6 Å². The SMILES string of the molecule is CCN(CC)c1nc2c(c(=O)[nH]1)CNCC2. The van der Waals surface area contributed by atoms with Gasteiger partial charge in [-0.05, 0) is 13.8 Å². The number of aromatic amines is 1. The quantitative estimate of drug-likeness (QED) is 0.770. The summed E-state index contributed by atoms with van der Waals surface area (Å²) in [6, 6.07) is 0. The summed E-state index contributed by atoms with van der Waals surface area (Å²) in [7, 11) is 0. The molecule has 1 aliphatic heterocycles. The molecule has 0 bridgehead atoms. The minimum atomic E-state index is -0.000833. The van der Waals surface area contributed by atoms with Gasteiger partial charge >= 0.3 is 0 Å². The van der Waals surface area contributed by atoms with Crippen LogP contribution in [0.25, 0.3) is 0 Å². The molecule has 0 aromatic carbocycles. The first-order valence-corrected chi connectivity index (χ1v) is 5.84. The van der Waals surface area contributed by atoms with Crippen molar-refractivity contribution < 1.29 is 0 Å². The maximum Gasteiger partial charge on any atom is 0.257 e. The van der Waals surface area contributed by atoms with Crippen LogP contribution >= 0.6 is 0 Å². The predicted molar refractivity (Wildman–Crippen MR) is 63.8 cm³/mol. The molecule has 1 aromatic heterocycles. The molecule has 0 fully saturated rings. The van der Waals surface area contributed by atoms with Crippen molar-refractivity contribution in [1.82, 2.24) is 15.3 Å². The van der Waals surface area contributed by atoms with Crippen LogP contribution in [0.2, 0.25) is 0 Å². The van der Waals surface area contributed by atoms with Crippen LogP contribution < -0.4 is 15.8 Å². The lowest BCUT2D eigenvalue weighted by Gasteiger charge is -2.22. The lowest BCUT2D eigenvalue weighted by atomic mass is 10.1. The van der Waals surface area contributed by atoms with Crippen molar-refractivity contribution in [1.29, 1.82) is 0 Å². The fourth-order valence-electron chi connectivity index (χ4n) is 2.01. The molecule has 0 aliphatic carbocycles. The number of hydrogen-bond acceptors (Lipinski definition) is 4. The molecule has 1 aromatic rings. The summed E-state index contributed by atoms with van der Waals surface area (Å²) in [5.74, 6) is 0.704. The van der Waals surface area contributed by atoms with Crippen LogP contribution in [-0.2, 0) is 13.0 Å². The maximum absolute atomic E-state index is 11.9. The van der Waals surface area contributed by atoms with Gasteiger partial charge in [0.15, 0.2) is 0 Å². The number of nitrogens with one attached hydrogen (secondary N) is 2. The third-order valence-corrected chi connectivity index (χ3v) is 2.99. The predicted octanol–water partition coefficient (Wildman–Crippen LogP) is 0.262. The van der Waals surface area contributed by atoms with E-state index in [1.807, 2.05) is 0 Å². The average molecular weight is 222 g/mol. The molecule has 0 amide bonds. The second-order valence-electron chi connectivity index (χ2n) is 3.91. The molecule has 0 saturated carbocycles. The van der Waals surface area contributed by atoms with Crippen LogP contribution in [0, 0.1) is 0 Å². The van der Waals surface area contributed by atoms with Gasteiger partial charge in [0.05, 0.1) is 11.3 Å². The number of anilines is 1. The summed E-state index contributed by atoms with van der Waals surface area (Å²) in [5.41, 5.74) is 1.74. The van der Waals surface area contributed by atoms with Gasteiger partial charge in [-0.15, -0.1) is 0 Å². The van der Waals surface area contributed by atoms with Crippen molar-refractivity contribution in [3.63, 3.8) is 0 Å². The number of aromatic nitrogens is 2. The van der Waals surface area contributed by atoms with E-state index in [1.54, 1.807) is 0 Å². The molecule has 88 valence electrons. The van der Waals surface area contributed by atoms with Gasteiger partial charge < -0.3 is 10.2 Å². The number of fused-ring (bicyclic) bond motifs is 1. The fourth-order valence-corrected chi connectivity index (χ4v) is 2.01. The zero-order chi connectivity index (χ0) is 11.5.